The summed E-state index contributed by atoms with van der Waals surface area (Å²) in [4.78, 5) is 21.0. The second-order valence-corrected chi connectivity index (χ2v) is 1.81. The van der Waals surface area contributed by atoms with Gasteiger partial charge in [0.25, 0.3) is 0 Å². The summed E-state index contributed by atoms with van der Waals surface area (Å²) in [5.41, 5.74) is 0. The average Bonchev–Trinajstić information content (AvgIpc) is 1.56. The highest BCUT2D eigenvalue weighted by molar-refractivity contribution is 5.84. The lowest BCUT2D eigenvalue weighted by molar-refractivity contribution is -0.140. The van der Waals surface area contributed by atoms with Gasteiger partial charge in [0, 0.05) is 6.20 Å². The molecule has 10 heavy (non-hydrogen) atoms. The van der Waals surface area contributed by atoms with Crippen LogP contribution in [-0.2, 0) is 4.79 Å². The van der Waals surface area contributed by atoms with Gasteiger partial charge in [-0.3, -0.25) is 4.90 Å². The van der Waals surface area contributed by atoms with E-state index in [1.165, 1.54) is 12.3 Å². The zero-order valence-electron chi connectivity index (χ0n) is 4.89. The summed E-state index contributed by atoms with van der Waals surface area (Å²) < 4.78 is 0. The number of aliphatic carboxylic acids is 1. The molecule has 1 aliphatic rings. The Hall–Kier alpha value is -1.52. The van der Waals surface area contributed by atoms with Crippen LogP contribution in [0, 0.1) is 0 Å². The van der Waals surface area contributed by atoms with Crippen LogP contribution < -0.4 is 0 Å². The normalized spacial score (nSPS) is 22.0. The molecule has 2 N–H and O–H groups in total. The quantitative estimate of drug-likeness (QED) is 0.539. The molecule has 1 amide bonds. The van der Waals surface area contributed by atoms with Gasteiger partial charge in [0.1, 0.15) is 0 Å². The first-order valence-corrected chi connectivity index (χ1v) is 2.55. The molecule has 1 rings (SSSR count). The summed E-state index contributed by atoms with van der Waals surface area (Å²) in [7, 11) is 0. The van der Waals surface area contributed by atoms with Gasteiger partial charge in [0.05, 0.1) is 0 Å². The lowest BCUT2D eigenvalue weighted by Gasteiger charge is -2.26. The predicted molar refractivity (Wildman–Crippen MR) is 30.4 cm³/mol. The van der Waals surface area contributed by atoms with E-state index in [2.05, 4.69) is 0 Å². The van der Waals surface area contributed by atoms with Crippen LogP contribution in [-0.4, -0.2) is 33.2 Å². The number of carbonyl (C=O) groups is 2. The molecule has 1 atom stereocenters. The molecule has 0 saturated carbocycles. The number of hydrogen-bond donors (Lipinski definition) is 2. The monoisotopic (exact) mass is 143 g/mol. The van der Waals surface area contributed by atoms with Crippen LogP contribution in [0.15, 0.2) is 12.3 Å². The van der Waals surface area contributed by atoms with Crippen LogP contribution >= 0.6 is 0 Å². The van der Waals surface area contributed by atoms with E-state index in [0.717, 1.165) is 4.90 Å². The van der Waals surface area contributed by atoms with Crippen LogP contribution in [0.3, 0.4) is 0 Å². The third-order valence-electron chi connectivity index (χ3n) is 1.20. The number of amides is 1. The molecule has 54 valence electrons. The van der Waals surface area contributed by atoms with Gasteiger partial charge in [0.15, 0.2) is 6.04 Å². The van der Waals surface area contributed by atoms with Gasteiger partial charge in [-0.2, -0.15) is 0 Å². The standard InChI is InChI=1S/C5H5NO4/c7-4(8)3-1-2-6(3)5(9)10/h1-3H,(H,7,8)(H,9,10). The van der Waals surface area contributed by atoms with E-state index < -0.39 is 18.1 Å². The minimum atomic E-state index is -1.24. The Labute approximate surface area is 56.2 Å². The molecular formula is C5H5NO4. The number of rotatable bonds is 1. The third-order valence-corrected chi connectivity index (χ3v) is 1.20. The van der Waals surface area contributed by atoms with E-state index in [1.54, 1.807) is 0 Å². The van der Waals surface area contributed by atoms with Gasteiger partial charge in [-0.05, 0) is 6.08 Å². The van der Waals surface area contributed by atoms with E-state index in [9.17, 15) is 9.59 Å². The van der Waals surface area contributed by atoms with Gasteiger partial charge in [-0.25, -0.2) is 9.59 Å². The van der Waals surface area contributed by atoms with Crippen LogP contribution in [0.1, 0.15) is 0 Å². The molecule has 0 radical (unpaired) electrons. The predicted octanol–water partition coefficient (Wildman–Crippen LogP) is -0.0531. The van der Waals surface area contributed by atoms with Crippen molar-refractivity contribution in [3.05, 3.63) is 12.3 Å². The zero-order chi connectivity index (χ0) is 7.72. The lowest BCUT2D eigenvalue weighted by Crippen LogP contribution is -2.45. The summed E-state index contributed by atoms with van der Waals surface area (Å²) >= 11 is 0. The van der Waals surface area contributed by atoms with Crippen LogP contribution in [0.5, 0.6) is 0 Å². The van der Waals surface area contributed by atoms with Crippen molar-refractivity contribution in [3.8, 4) is 0 Å². The van der Waals surface area contributed by atoms with Crippen LogP contribution in [0.2, 0.25) is 0 Å². The maximum absolute atomic E-state index is 10.1. The molecule has 0 aromatic carbocycles. The van der Waals surface area contributed by atoms with Crippen molar-refractivity contribution < 1.29 is 19.8 Å². The molecule has 0 fully saturated rings. The first-order chi connectivity index (χ1) is 4.63. The highest BCUT2D eigenvalue weighted by Crippen LogP contribution is 2.12. The fourth-order valence-electron chi connectivity index (χ4n) is 0.642. The maximum atomic E-state index is 10.1. The second kappa shape index (κ2) is 2.02. The SMILES string of the molecule is O=C(O)C1C=CN1C(=O)O. The van der Waals surface area contributed by atoms with Crippen molar-refractivity contribution in [2.24, 2.45) is 0 Å². The summed E-state index contributed by atoms with van der Waals surface area (Å²) in [5.74, 6) is -1.15. The Morgan fingerprint density at radius 2 is 2.00 bits per heavy atom. The topological polar surface area (TPSA) is 77.8 Å². The molecule has 0 spiro atoms. The Balaban J connectivity index is 2.63. The van der Waals surface area contributed by atoms with Crippen LogP contribution in [0.25, 0.3) is 0 Å². The average molecular weight is 143 g/mol. The van der Waals surface area contributed by atoms with E-state index in [-0.39, 0.29) is 0 Å². The van der Waals surface area contributed by atoms with Crippen molar-refractivity contribution >= 4 is 12.1 Å². The number of carboxylic acids is 1. The smallest absolute Gasteiger partial charge is 0.412 e. The molecule has 0 aromatic heterocycles. The second-order valence-electron chi connectivity index (χ2n) is 1.81. The Bertz CT molecular complexity index is 188. The largest absolute Gasteiger partial charge is 0.479 e. The van der Waals surface area contributed by atoms with Gasteiger partial charge in [0.2, 0.25) is 0 Å². The summed E-state index contributed by atoms with van der Waals surface area (Å²) in [6.07, 6.45) is 1.27. The molecule has 5 nitrogen and oxygen atoms in total. The molecule has 0 aliphatic carbocycles. The van der Waals surface area contributed by atoms with Gasteiger partial charge >= 0.3 is 12.1 Å². The van der Waals surface area contributed by atoms with Crippen molar-refractivity contribution in [2.75, 3.05) is 0 Å². The molecule has 0 aromatic rings. The Morgan fingerprint density at radius 1 is 1.40 bits per heavy atom. The summed E-state index contributed by atoms with van der Waals surface area (Å²) in [6, 6.07) is -0.988. The third kappa shape index (κ3) is 0.812. The number of nitrogens with zero attached hydrogens (tertiary/aromatic N) is 1. The molecule has 0 bridgehead atoms. The van der Waals surface area contributed by atoms with Crippen LogP contribution in [0.4, 0.5) is 4.79 Å². The fourth-order valence-corrected chi connectivity index (χ4v) is 0.642. The first kappa shape index (κ1) is 6.60. The molecule has 1 aliphatic heterocycles. The molecule has 1 unspecified atom stereocenters. The number of carboxylic acid groups (broad SMARTS) is 2. The fraction of sp³-hybridized carbons (Fsp3) is 0.200. The van der Waals surface area contributed by atoms with Crippen molar-refractivity contribution in [2.45, 2.75) is 6.04 Å². The van der Waals surface area contributed by atoms with Crippen molar-refractivity contribution in [1.82, 2.24) is 4.90 Å². The lowest BCUT2D eigenvalue weighted by atomic mass is 10.2. The minimum absolute atomic E-state index is 0.725. The summed E-state index contributed by atoms with van der Waals surface area (Å²) in [5, 5.41) is 16.6. The molecule has 5 heteroatoms. The Morgan fingerprint density at radius 3 is 2.10 bits per heavy atom. The highest BCUT2D eigenvalue weighted by Gasteiger charge is 2.31. The first-order valence-electron chi connectivity index (χ1n) is 2.55. The Kier molecular flexibility index (Phi) is 1.33. The number of hydrogen-bond acceptors (Lipinski definition) is 2. The van der Waals surface area contributed by atoms with Crippen molar-refractivity contribution in [3.63, 3.8) is 0 Å². The van der Waals surface area contributed by atoms with E-state index in [4.69, 9.17) is 10.2 Å². The van der Waals surface area contributed by atoms with E-state index in [1.807, 2.05) is 0 Å². The molecule has 1 heterocycles. The molecular weight excluding hydrogens is 138 g/mol. The summed E-state index contributed by atoms with van der Waals surface area (Å²) in [6.45, 7) is 0. The van der Waals surface area contributed by atoms with Crippen molar-refractivity contribution in [1.29, 1.82) is 0 Å². The highest BCUT2D eigenvalue weighted by atomic mass is 16.4. The van der Waals surface area contributed by atoms with E-state index in [0.29, 0.717) is 0 Å². The maximum Gasteiger partial charge on any atom is 0.412 e. The van der Waals surface area contributed by atoms with Gasteiger partial charge in [-0.15, -0.1) is 0 Å². The minimum Gasteiger partial charge on any atom is -0.479 e. The van der Waals surface area contributed by atoms with Gasteiger partial charge in [-0.1, -0.05) is 0 Å². The molecule has 0 saturated heterocycles. The van der Waals surface area contributed by atoms with Gasteiger partial charge < -0.3 is 10.2 Å². The zero-order valence-corrected chi connectivity index (χ0v) is 4.89. The van der Waals surface area contributed by atoms with E-state index >= 15 is 0 Å².